The highest BCUT2D eigenvalue weighted by Gasteiger charge is 2.30. The Kier molecular flexibility index (Phi) is 9.34. The van der Waals surface area contributed by atoms with E-state index in [1.54, 1.807) is 29.2 Å². The van der Waals surface area contributed by atoms with Gasteiger partial charge in [-0.1, -0.05) is 49.9 Å². The van der Waals surface area contributed by atoms with Crippen LogP contribution in [0, 0.1) is 19.7 Å². The summed E-state index contributed by atoms with van der Waals surface area (Å²) in [5, 5.41) is 3.82. The van der Waals surface area contributed by atoms with Crippen LogP contribution in [0.15, 0.2) is 36.4 Å². The van der Waals surface area contributed by atoms with E-state index in [2.05, 4.69) is 5.32 Å². The zero-order valence-corrected chi connectivity index (χ0v) is 21.0. The van der Waals surface area contributed by atoms with E-state index in [4.69, 9.17) is 16.3 Å². The lowest BCUT2D eigenvalue weighted by Gasteiger charge is -2.32. The van der Waals surface area contributed by atoms with Gasteiger partial charge < -0.3 is 15.0 Å². The van der Waals surface area contributed by atoms with Crippen molar-refractivity contribution in [2.75, 3.05) is 6.61 Å². The fourth-order valence-corrected chi connectivity index (χ4v) is 4.58. The number of hydrogen-bond acceptors (Lipinski definition) is 3. The Bertz CT molecular complexity index is 967. The zero-order valence-electron chi connectivity index (χ0n) is 20.2. The molecular weight excluding hydrogens is 455 g/mol. The monoisotopic (exact) mass is 488 g/mol. The van der Waals surface area contributed by atoms with Gasteiger partial charge in [0.25, 0.3) is 5.91 Å². The van der Waals surface area contributed by atoms with Gasteiger partial charge in [-0.15, -0.1) is 0 Å². The molecule has 1 saturated carbocycles. The SMILES string of the molecule is CC[C@H](C(=O)NC1CCCCC1)N(Cc1ccc(F)cc1)C(=O)COc1cc(C)c(Cl)c(C)c1. The summed E-state index contributed by atoms with van der Waals surface area (Å²) in [6.07, 6.45) is 5.80. The molecule has 3 rings (SSSR count). The number of carbonyl (C=O) groups excluding carboxylic acids is 2. The van der Waals surface area contributed by atoms with Crippen molar-refractivity contribution in [3.63, 3.8) is 0 Å². The maximum Gasteiger partial charge on any atom is 0.261 e. The van der Waals surface area contributed by atoms with Gasteiger partial charge in [0.15, 0.2) is 6.61 Å². The van der Waals surface area contributed by atoms with E-state index in [1.165, 1.54) is 18.6 Å². The number of ether oxygens (including phenoxy) is 1. The number of amides is 2. The van der Waals surface area contributed by atoms with Crippen LogP contribution in [0.5, 0.6) is 5.75 Å². The number of benzene rings is 2. The molecule has 2 aromatic carbocycles. The number of carbonyl (C=O) groups is 2. The van der Waals surface area contributed by atoms with Crippen molar-refractivity contribution in [3.05, 3.63) is 63.9 Å². The highest BCUT2D eigenvalue weighted by molar-refractivity contribution is 6.32. The Labute approximate surface area is 206 Å². The number of aryl methyl sites for hydroxylation is 2. The molecule has 2 aromatic rings. The minimum atomic E-state index is -0.642. The van der Waals surface area contributed by atoms with Crippen molar-refractivity contribution in [1.82, 2.24) is 10.2 Å². The average molecular weight is 489 g/mol. The molecule has 0 aromatic heterocycles. The highest BCUT2D eigenvalue weighted by atomic mass is 35.5. The first kappa shape index (κ1) is 26.0. The summed E-state index contributed by atoms with van der Waals surface area (Å²) in [7, 11) is 0. The molecule has 0 radical (unpaired) electrons. The molecule has 34 heavy (non-hydrogen) atoms. The summed E-state index contributed by atoms with van der Waals surface area (Å²) in [5.41, 5.74) is 2.48. The minimum absolute atomic E-state index is 0.148. The molecule has 2 amide bonds. The van der Waals surface area contributed by atoms with E-state index in [0.717, 1.165) is 42.4 Å². The molecule has 0 saturated heterocycles. The maximum absolute atomic E-state index is 13.4. The van der Waals surface area contributed by atoms with Crippen LogP contribution in [0.1, 0.15) is 62.1 Å². The lowest BCUT2D eigenvalue weighted by Crippen LogP contribution is -2.52. The summed E-state index contributed by atoms with van der Waals surface area (Å²) in [6, 6.07) is 9.07. The molecule has 1 aliphatic rings. The van der Waals surface area contributed by atoms with Crippen LogP contribution in [-0.2, 0) is 16.1 Å². The molecule has 0 bridgehead atoms. The molecule has 0 unspecified atom stereocenters. The number of halogens is 2. The largest absolute Gasteiger partial charge is 0.484 e. The van der Waals surface area contributed by atoms with Crippen LogP contribution >= 0.6 is 11.6 Å². The van der Waals surface area contributed by atoms with E-state index in [-0.39, 0.29) is 36.8 Å². The third kappa shape index (κ3) is 6.95. The van der Waals surface area contributed by atoms with Gasteiger partial charge in [0.2, 0.25) is 5.91 Å². The molecule has 1 N–H and O–H groups in total. The van der Waals surface area contributed by atoms with E-state index >= 15 is 0 Å². The summed E-state index contributed by atoms with van der Waals surface area (Å²) in [4.78, 5) is 28.1. The smallest absolute Gasteiger partial charge is 0.261 e. The van der Waals surface area contributed by atoms with Crippen LogP contribution < -0.4 is 10.1 Å². The third-order valence-corrected chi connectivity index (χ3v) is 6.97. The second-order valence-corrected chi connectivity index (χ2v) is 9.45. The van der Waals surface area contributed by atoms with Crippen LogP contribution in [0.3, 0.4) is 0 Å². The Morgan fingerprint density at radius 3 is 2.32 bits per heavy atom. The fourth-order valence-electron chi connectivity index (χ4n) is 4.47. The lowest BCUT2D eigenvalue weighted by atomic mass is 9.95. The van der Waals surface area contributed by atoms with Gasteiger partial charge in [-0.3, -0.25) is 9.59 Å². The second kappa shape index (κ2) is 12.2. The van der Waals surface area contributed by atoms with Crippen molar-refractivity contribution in [3.8, 4) is 5.75 Å². The molecule has 1 fully saturated rings. The first-order valence-corrected chi connectivity index (χ1v) is 12.4. The molecule has 0 spiro atoms. The first-order chi connectivity index (χ1) is 16.3. The Morgan fingerprint density at radius 1 is 1.12 bits per heavy atom. The molecule has 0 heterocycles. The van der Waals surface area contributed by atoms with Crippen LogP contribution in [0.4, 0.5) is 4.39 Å². The Hall–Kier alpha value is -2.60. The minimum Gasteiger partial charge on any atom is -0.484 e. The topological polar surface area (TPSA) is 58.6 Å². The lowest BCUT2D eigenvalue weighted by molar-refractivity contribution is -0.143. The van der Waals surface area contributed by atoms with Gasteiger partial charge in [-0.25, -0.2) is 4.39 Å². The summed E-state index contributed by atoms with van der Waals surface area (Å²) in [6.45, 7) is 5.64. The van der Waals surface area contributed by atoms with Gasteiger partial charge in [0.05, 0.1) is 0 Å². The molecule has 1 aliphatic carbocycles. The predicted molar refractivity (Wildman–Crippen MR) is 132 cm³/mol. The highest BCUT2D eigenvalue weighted by Crippen LogP contribution is 2.26. The summed E-state index contributed by atoms with van der Waals surface area (Å²) < 4.78 is 19.2. The van der Waals surface area contributed by atoms with Crippen molar-refractivity contribution in [2.24, 2.45) is 0 Å². The molecule has 7 heteroatoms. The zero-order chi connectivity index (χ0) is 24.7. The van der Waals surface area contributed by atoms with Crippen molar-refractivity contribution in [2.45, 2.75) is 77.9 Å². The van der Waals surface area contributed by atoms with E-state index < -0.39 is 6.04 Å². The third-order valence-electron chi connectivity index (χ3n) is 6.38. The Balaban J connectivity index is 1.77. The van der Waals surface area contributed by atoms with Crippen molar-refractivity contribution < 1.29 is 18.7 Å². The number of nitrogens with one attached hydrogen (secondary N) is 1. The fraction of sp³-hybridized carbons (Fsp3) is 0.481. The first-order valence-electron chi connectivity index (χ1n) is 12.0. The maximum atomic E-state index is 13.4. The van der Waals surface area contributed by atoms with Gasteiger partial charge >= 0.3 is 0 Å². The number of rotatable bonds is 9. The molecule has 5 nitrogen and oxygen atoms in total. The quantitative estimate of drug-likeness (QED) is 0.490. The van der Waals surface area contributed by atoms with E-state index in [9.17, 15) is 14.0 Å². The normalized spacial score (nSPS) is 15.0. The Morgan fingerprint density at radius 2 is 1.74 bits per heavy atom. The molecule has 0 aliphatic heterocycles. The van der Waals surface area contributed by atoms with Gasteiger partial charge in [-0.05, 0) is 74.1 Å². The van der Waals surface area contributed by atoms with Crippen LogP contribution in [0.25, 0.3) is 0 Å². The number of hydrogen-bond donors (Lipinski definition) is 1. The average Bonchev–Trinajstić information content (AvgIpc) is 2.82. The van der Waals surface area contributed by atoms with Gasteiger partial charge in [-0.2, -0.15) is 0 Å². The summed E-state index contributed by atoms with van der Waals surface area (Å²) in [5.74, 6) is -0.252. The van der Waals surface area contributed by atoms with Gasteiger partial charge in [0.1, 0.15) is 17.6 Å². The van der Waals surface area contributed by atoms with Crippen LogP contribution in [-0.4, -0.2) is 35.4 Å². The summed E-state index contributed by atoms with van der Waals surface area (Å²) >= 11 is 6.24. The molecule has 1 atom stereocenters. The van der Waals surface area contributed by atoms with Gasteiger partial charge in [0, 0.05) is 17.6 Å². The molecular formula is C27H34ClFN2O3. The van der Waals surface area contributed by atoms with E-state index in [1.807, 2.05) is 20.8 Å². The second-order valence-electron chi connectivity index (χ2n) is 9.08. The van der Waals surface area contributed by atoms with Crippen molar-refractivity contribution in [1.29, 1.82) is 0 Å². The number of nitrogens with zero attached hydrogens (tertiary/aromatic N) is 1. The predicted octanol–water partition coefficient (Wildman–Crippen LogP) is 5.73. The van der Waals surface area contributed by atoms with Crippen LogP contribution in [0.2, 0.25) is 5.02 Å². The molecule has 184 valence electrons. The van der Waals surface area contributed by atoms with E-state index in [0.29, 0.717) is 17.2 Å². The standard InChI is InChI=1S/C27H34ClFN2O3/c1-4-24(27(33)30-22-8-6-5-7-9-22)31(16-20-10-12-21(29)13-11-20)25(32)17-34-23-14-18(2)26(28)19(3)15-23/h10-15,22,24H,4-9,16-17H2,1-3H3,(H,30,33)/t24-/m1/s1. The van der Waals surface area contributed by atoms with Crippen molar-refractivity contribution >= 4 is 23.4 Å².